The molecule has 0 heterocycles. The predicted molar refractivity (Wildman–Crippen MR) is 91.2 cm³/mol. The molecule has 0 spiro atoms. The topological polar surface area (TPSA) is 50.7 Å². The molecule has 1 amide bonds. The standard InChI is InChI=1S/C17H16BrFN2O2/c1-11-5-12(2)7-14(6-11)23-10-17(22)21-20-9-13-3-4-16(19)15(18)8-13/h3-9H,10H2,1-2H3,(H,21,22)/b20-9-. The molecule has 23 heavy (non-hydrogen) atoms. The molecule has 0 radical (unpaired) electrons. The Morgan fingerprint density at radius 2 is 1.96 bits per heavy atom. The highest BCUT2D eigenvalue weighted by Gasteiger charge is 2.03. The van der Waals surface area contributed by atoms with Crippen LogP contribution in [0, 0.1) is 19.7 Å². The second-order valence-corrected chi connectivity index (χ2v) is 5.93. The first-order valence-corrected chi connectivity index (χ1v) is 7.71. The molecule has 2 rings (SSSR count). The van der Waals surface area contributed by atoms with Crippen molar-refractivity contribution >= 4 is 28.1 Å². The van der Waals surface area contributed by atoms with Crippen molar-refractivity contribution in [2.45, 2.75) is 13.8 Å². The summed E-state index contributed by atoms with van der Waals surface area (Å²) in [5.41, 5.74) is 5.16. The van der Waals surface area contributed by atoms with Crippen molar-refractivity contribution in [1.82, 2.24) is 5.43 Å². The minimum Gasteiger partial charge on any atom is -0.484 e. The van der Waals surface area contributed by atoms with Crippen LogP contribution in [0.3, 0.4) is 0 Å². The van der Waals surface area contributed by atoms with Crippen molar-refractivity contribution in [3.63, 3.8) is 0 Å². The Kier molecular flexibility index (Phi) is 5.87. The molecule has 0 aliphatic heterocycles. The van der Waals surface area contributed by atoms with Crippen LogP contribution >= 0.6 is 15.9 Å². The number of aryl methyl sites for hydroxylation is 2. The van der Waals surface area contributed by atoms with E-state index in [1.54, 1.807) is 12.1 Å². The number of hydrazone groups is 1. The molecule has 0 atom stereocenters. The second kappa shape index (κ2) is 7.87. The van der Waals surface area contributed by atoms with E-state index in [0.717, 1.165) is 11.1 Å². The molecule has 0 unspecified atom stereocenters. The number of hydrogen-bond donors (Lipinski definition) is 1. The van der Waals surface area contributed by atoms with E-state index in [2.05, 4.69) is 26.5 Å². The Morgan fingerprint density at radius 1 is 1.26 bits per heavy atom. The second-order valence-electron chi connectivity index (χ2n) is 5.08. The number of benzene rings is 2. The van der Waals surface area contributed by atoms with Gasteiger partial charge in [0.1, 0.15) is 11.6 Å². The summed E-state index contributed by atoms with van der Waals surface area (Å²) in [4.78, 5) is 11.7. The maximum atomic E-state index is 13.1. The quantitative estimate of drug-likeness (QED) is 0.636. The van der Waals surface area contributed by atoms with E-state index in [1.807, 2.05) is 32.0 Å². The lowest BCUT2D eigenvalue weighted by Crippen LogP contribution is -2.24. The third-order valence-electron chi connectivity index (χ3n) is 2.91. The van der Waals surface area contributed by atoms with Gasteiger partial charge in [-0.05, 0) is 70.7 Å². The lowest BCUT2D eigenvalue weighted by Gasteiger charge is -2.07. The SMILES string of the molecule is Cc1cc(C)cc(OCC(=O)N/N=C\c2ccc(F)c(Br)c2)c1. The molecule has 0 aliphatic carbocycles. The van der Waals surface area contributed by atoms with Crippen molar-refractivity contribution in [2.75, 3.05) is 6.61 Å². The van der Waals surface area contributed by atoms with Crippen LogP contribution in [-0.4, -0.2) is 18.7 Å². The molecule has 120 valence electrons. The first-order valence-electron chi connectivity index (χ1n) is 6.92. The van der Waals surface area contributed by atoms with E-state index >= 15 is 0 Å². The molecule has 0 saturated carbocycles. The lowest BCUT2D eigenvalue weighted by molar-refractivity contribution is -0.123. The molecule has 2 aromatic carbocycles. The summed E-state index contributed by atoms with van der Waals surface area (Å²) in [5.74, 6) is -0.0845. The summed E-state index contributed by atoms with van der Waals surface area (Å²) in [7, 11) is 0. The number of halogens is 2. The zero-order valence-electron chi connectivity index (χ0n) is 12.8. The number of amides is 1. The van der Waals surface area contributed by atoms with E-state index in [9.17, 15) is 9.18 Å². The number of carbonyl (C=O) groups excluding carboxylic acids is 1. The molecule has 0 saturated heterocycles. The summed E-state index contributed by atoms with van der Waals surface area (Å²) in [6, 6.07) is 10.2. The summed E-state index contributed by atoms with van der Waals surface area (Å²) in [5, 5.41) is 3.81. The molecule has 0 bridgehead atoms. The fourth-order valence-electron chi connectivity index (χ4n) is 1.97. The minimum atomic E-state index is -0.374. The number of nitrogens with one attached hydrogen (secondary N) is 1. The maximum absolute atomic E-state index is 13.1. The third kappa shape index (κ3) is 5.49. The largest absolute Gasteiger partial charge is 0.484 e. The molecule has 1 N–H and O–H groups in total. The summed E-state index contributed by atoms with van der Waals surface area (Å²) in [6.07, 6.45) is 1.43. The molecular formula is C17H16BrFN2O2. The van der Waals surface area contributed by atoms with Crippen LogP contribution in [0.25, 0.3) is 0 Å². The van der Waals surface area contributed by atoms with E-state index in [4.69, 9.17) is 4.74 Å². The Balaban J connectivity index is 1.85. The van der Waals surface area contributed by atoms with Crippen molar-refractivity contribution in [1.29, 1.82) is 0 Å². The zero-order valence-corrected chi connectivity index (χ0v) is 14.4. The highest BCUT2D eigenvalue weighted by molar-refractivity contribution is 9.10. The van der Waals surface area contributed by atoms with E-state index < -0.39 is 0 Å². The minimum absolute atomic E-state index is 0.132. The summed E-state index contributed by atoms with van der Waals surface area (Å²) < 4.78 is 18.9. The fraction of sp³-hybridized carbons (Fsp3) is 0.176. The Bertz CT molecular complexity index is 727. The van der Waals surface area contributed by atoms with Gasteiger partial charge >= 0.3 is 0 Å². The smallest absolute Gasteiger partial charge is 0.277 e. The average Bonchev–Trinajstić information content (AvgIpc) is 2.48. The van der Waals surface area contributed by atoms with Gasteiger partial charge in [-0.1, -0.05) is 12.1 Å². The third-order valence-corrected chi connectivity index (χ3v) is 3.52. The normalized spacial score (nSPS) is 10.8. The highest BCUT2D eigenvalue weighted by Crippen LogP contribution is 2.16. The van der Waals surface area contributed by atoms with Gasteiger partial charge in [-0.2, -0.15) is 5.10 Å². The first-order chi connectivity index (χ1) is 10.9. The van der Waals surface area contributed by atoms with Gasteiger partial charge in [0.2, 0.25) is 0 Å². The van der Waals surface area contributed by atoms with Gasteiger partial charge in [0, 0.05) is 0 Å². The predicted octanol–water partition coefficient (Wildman–Crippen LogP) is 3.73. The monoisotopic (exact) mass is 378 g/mol. The van der Waals surface area contributed by atoms with E-state index in [-0.39, 0.29) is 18.3 Å². The van der Waals surface area contributed by atoms with Crippen LogP contribution in [0.15, 0.2) is 46.0 Å². The average molecular weight is 379 g/mol. The fourth-order valence-corrected chi connectivity index (χ4v) is 2.37. The molecule has 6 heteroatoms. The van der Waals surface area contributed by atoms with Crippen LogP contribution in [-0.2, 0) is 4.79 Å². The number of carbonyl (C=O) groups is 1. The number of ether oxygens (including phenoxy) is 1. The van der Waals surface area contributed by atoms with Crippen molar-refractivity contribution in [3.8, 4) is 5.75 Å². The number of rotatable bonds is 5. The molecule has 4 nitrogen and oxygen atoms in total. The number of nitrogens with zero attached hydrogens (tertiary/aromatic N) is 1. The highest BCUT2D eigenvalue weighted by atomic mass is 79.9. The molecular weight excluding hydrogens is 363 g/mol. The summed E-state index contributed by atoms with van der Waals surface area (Å²) >= 11 is 3.09. The summed E-state index contributed by atoms with van der Waals surface area (Å²) in [6.45, 7) is 3.80. The molecule has 0 aliphatic rings. The van der Waals surface area contributed by atoms with Gasteiger partial charge in [-0.15, -0.1) is 0 Å². The van der Waals surface area contributed by atoms with Crippen LogP contribution < -0.4 is 10.2 Å². The van der Waals surface area contributed by atoms with Gasteiger partial charge in [0.15, 0.2) is 6.61 Å². The Morgan fingerprint density at radius 3 is 2.61 bits per heavy atom. The van der Waals surface area contributed by atoms with E-state index in [1.165, 1.54) is 12.3 Å². The van der Waals surface area contributed by atoms with Crippen molar-refractivity contribution in [2.24, 2.45) is 5.10 Å². The van der Waals surface area contributed by atoms with Gasteiger partial charge in [0.05, 0.1) is 10.7 Å². The van der Waals surface area contributed by atoms with Gasteiger partial charge in [-0.3, -0.25) is 4.79 Å². The van der Waals surface area contributed by atoms with Gasteiger partial charge < -0.3 is 4.74 Å². The van der Waals surface area contributed by atoms with Gasteiger partial charge in [-0.25, -0.2) is 9.82 Å². The maximum Gasteiger partial charge on any atom is 0.277 e. The van der Waals surface area contributed by atoms with E-state index in [0.29, 0.717) is 15.8 Å². The van der Waals surface area contributed by atoms with Crippen LogP contribution in [0.2, 0.25) is 0 Å². The number of hydrogen-bond acceptors (Lipinski definition) is 3. The molecule has 0 aromatic heterocycles. The first kappa shape index (κ1) is 17.1. The van der Waals surface area contributed by atoms with Crippen LogP contribution in [0.1, 0.15) is 16.7 Å². The zero-order chi connectivity index (χ0) is 16.8. The molecule has 2 aromatic rings. The Labute approximate surface area is 142 Å². The van der Waals surface area contributed by atoms with Crippen molar-refractivity contribution in [3.05, 3.63) is 63.4 Å². The Hall–Kier alpha value is -2.21. The van der Waals surface area contributed by atoms with Crippen LogP contribution in [0.4, 0.5) is 4.39 Å². The van der Waals surface area contributed by atoms with Crippen LogP contribution in [0.5, 0.6) is 5.75 Å². The molecule has 0 fully saturated rings. The van der Waals surface area contributed by atoms with Gasteiger partial charge in [0.25, 0.3) is 5.91 Å². The lowest BCUT2D eigenvalue weighted by atomic mass is 10.1. The van der Waals surface area contributed by atoms with Crippen molar-refractivity contribution < 1.29 is 13.9 Å².